The van der Waals surface area contributed by atoms with Crippen LogP contribution < -0.4 is 5.73 Å². The first-order chi connectivity index (χ1) is 8.83. The molecule has 0 radical (unpaired) electrons. The highest BCUT2D eigenvalue weighted by atomic mass is 79.9. The Morgan fingerprint density at radius 3 is 2.47 bits per heavy atom. The Kier molecular flexibility index (Phi) is 3.83. The van der Waals surface area contributed by atoms with Crippen molar-refractivity contribution >= 4 is 15.9 Å². The lowest BCUT2D eigenvalue weighted by Gasteiger charge is -2.27. The van der Waals surface area contributed by atoms with Gasteiger partial charge in [0.25, 0.3) is 0 Å². The van der Waals surface area contributed by atoms with Crippen molar-refractivity contribution in [3.8, 4) is 0 Å². The average Bonchev–Trinajstić information content (AvgIpc) is 2.56. The van der Waals surface area contributed by atoms with E-state index in [1.165, 1.54) is 11.1 Å². The fraction of sp³-hybridized carbons (Fsp3) is 0.400. The van der Waals surface area contributed by atoms with Crippen molar-refractivity contribution in [3.63, 3.8) is 0 Å². The smallest absolute Gasteiger partial charge is 0.0738 e. The molecule has 2 aromatic rings. The van der Waals surface area contributed by atoms with Gasteiger partial charge in [0, 0.05) is 19.0 Å². The van der Waals surface area contributed by atoms with Crippen LogP contribution in [0.4, 0.5) is 0 Å². The van der Waals surface area contributed by atoms with Crippen LogP contribution in [0.25, 0.3) is 0 Å². The number of benzene rings is 1. The van der Waals surface area contributed by atoms with Crippen molar-refractivity contribution in [3.05, 3.63) is 51.3 Å². The quantitative estimate of drug-likeness (QED) is 0.943. The van der Waals surface area contributed by atoms with Crippen LogP contribution in [-0.2, 0) is 19.0 Å². The van der Waals surface area contributed by atoms with E-state index >= 15 is 0 Å². The fourth-order valence-electron chi connectivity index (χ4n) is 2.53. The number of aryl methyl sites for hydroxylation is 3. The maximum atomic E-state index is 6.56. The van der Waals surface area contributed by atoms with E-state index < -0.39 is 5.54 Å². The molecule has 0 aliphatic rings. The number of hydrogen-bond acceptors (Lipinski definition) is 2. The molecule has 1 unspecified atom stereocenters. The maximum absolute atomic E-state index is 6.56. The van der Waals surface area contributed by atoms with Gasteiger partial charge in [0.1, 0.15) is 0 Å². The summed E-state index contributed by atoms with van der Waals surface area (Å²) < 4.78 is 2.96. The van der Waals surface area contributed by atoms with E-state index in [-0.39, 0.29) is 0 Å². The second-order valence-electron chi connectivity index (χ2n) is 5.38. The molecule has 0 saturated carbocycles. The summed E-state index contributed by atoms with van der Waals surface area (Å²) in [6.45, 7) is 6.17. The van der Waals surface area contributed by atoms with Gasteiger partial charge in [-0.2, -0.15) is 5.10 Å². The summed E-state index contributed by atoms with van der Waals surface area (Å²) >= 11 is 3.61. The molecule has 0 bridgehead atoms. The topological polar surface area (TPSA) is 43.8 Å². The SMILES string of the molecule is Cc1ccccc1C(C)(N)Cc1c(Br)c(C)nn1C. The first-order valence-electron chi connectivity index (χ1n) is 6.36. The Labute approximate surface area is 122 Å². The van der Waals surface area contributed by atoms with Gasteiger partial charge in [0.15, 0.2) is 0 Å². The molecule has 1 atom stereocenters. The van der Waals surface area contributed by atoms with Gasteiger partial charge in [-0.3, -0.25) is 4.68 Å². The van der Waals surface area contributed by atoms with Crippen molar-refractivity contribution in [2.24, 2.45) is 12.8 Å². The van der Waals surface area contributed by atoms with E-state index in [1.54, 1.807) is 0 Å². The van der Waals surface area contributed by atoms with Gasteiger partial charge in [0.05, 0.1) is 15.9 Å². The molecule has 1 aromatic carbocycles. The van der Waals surface area contributed by atoms with Gasteiger partial charge in [-0.25, -0.2) is 0 Å². The van der Waals surface area contributed by atoms with Gasteiger partial charge in [-0.05, 0) is 47.8 Å². The van der Waals surface area contributed by atoms with E-state index in [0.717, 1.165) is 22.3 Å². The van der Waals surface area contributed by atoms with Crippen molar-refractivity contribution in [1.29, 1.82) is 0 Å². The zero-order chi connectivity index (χ0) is 14.2. The summed E-state index contributed by atoms with van der Waals surface area (Å²) in [7, 11) is 1.96. The van der Waals surface area contributed by atoms with E-state index in [9.17, 15) is 0 Å². The maximum Gasteiger partial charge on any atom is 0.0738 e. The number of aromatic nitrogens is 2. The molecule has 1 aromatic heterocycles. The molecule has 102 valence electrons. The molecule has 0 spiro atoms. The Bertz CT molecular complexity index is 599. The standard InChI is InChI=1S/C15H20BrN3/c1-10-7-5-6-8-12(10)15(3,17)9-13-14(16)11(2)18-19(13)4/h5-8H,9,17H2,1-4H3. The monoisotopic (exact) mass is 321 g/mol. The lowest BCUT2D eigenvalue weighted by atomic mass is 9.85. The molecular formula is C15H20BrN3. The predicted molar refractivity (Wildman–Crippen MR) is 82.1 cm³/mol. The zero-order valence-corrected chi connectivity index (χ0v) is 13.5. The lowest BCUT2D eigenvalue weighted by molar-refractivity contribution is 0.468. The van der Waals surface area contributed by atoms with Crippen molar-refractivity contribution in [2.45, 2.75) is 32.7 Å². The van der Waals surface area contributed by atoms with Crippen molar-refractivity contribution in [2.75, 3.05) is 0 Å². The Morgan fingerprint density at radius 1 is 1.32 bits per heavy atom. The molecule has 1 heterocycles. The molecule has 19 heavy (non-hydrogen) atoms. The van der Waals surface area contributed by atoms with E-state index in [4.69, 9.17) is 5.73 Å². The Hall–Kier alpha value is -1.13. The number of nitrogens with two attached hydrogens (primary N) is 1. The second-order valence-corrected chi connectivity index (χ2v) is 6.17. The van der Waals surface area contributed by atoms with Crippen LogP contribution in [0.1, 0.15) is 29.4 Å². The fourth-order valence-corrected chi connectivity index (χ4v) is 3.01. The zero-order valence-electron chi connectivity index (χ0n) is 11.9. The minimum atomic E-state index is -0.409. The summed E-state index contributed by atoms with van der Waals surface area (Å²) in [5.74, 6) is 0. The van der Waals surface area contributed by atoms with Gasteiger partial charge >= 0.3 is 0 Å². The third-order valence-electron chi connectivity index (χ3n) is 3.56. The highest BCUT2D eigenvalue weighted by Crippen LogP contribution is 2.29. The third-order valence-corrected chi connectivity index (χ3v) is 4.59. The van der Waals surface area contributed by atoms with Crippen LogP contribution in [0, 0.1) is 13.8 Å². The second kappa shape index (κ2) is 5.10. The van der Waals surface area contributed by atoms with Crippen LogP contribution in [0.2, 0.25) is 0 Å². The molecule has 0 aliphatic carbocycles. The van der Waals surface area contributed by atoms with E-state index in [2.05, 4.69) is 47.0 Å². The third kappa shape index (κ3) is 2.74. The van der Waals surface area contributed by atoms with Crippen LogP contribution in [0.15, 0.2) is 28.7 Å². The van der Waals surface area contributed by atoms with Gasteiger partial charge in [-0.1, -0.05) is 24.3 Å². The molecule has 3 nitrogen and oxygen atoms in total. The van der Waals surface area contributed by atoms with Crippen molar-refractivity contribution < 1.29 is 0 Å². The number of rotatable bonds is 3. The highest BCUT2D eigenvalue weighted by Gasteiger charge is 2.26. The van der Waals surface area contributed by atoms with Crippen LogP contribution in [0.3, 0.4) is 0 Å². The molecule has 0 amide bonds. The van der Waals surface area contributed by atoms with Gasteiger partial charge < -0.3 is 5.73 Å². The van der Waals surface area contributed by atoms with Crippen molar-refractivity contribution in [1.82, 2.24) is 9.78 Å². The molecule has 4 heteroatoms. The average molecular weight is 322 g/mol. The molecule has 0 saturated heterocycles. The largest absolute Gasteiger partial charge is 0.321 e. The summed E-state index contributed by atoms with van der Waals surface area (Å²) in [5, 5.41) is 4.43. The molecule has 0 fully saturated rings. The summed E-state index contributed by atoms with van der Waals surface area (Å²) in [6, 6.07) is 8.28. The van der Waals surface area contributed by atoms with Gasteiger partial charge in [-0.15, -0.1) is 0 Å². The van der Waals surface area contributed by atoms with Crippen LogP contribution >= 0.6 is 15.9 Å². The molecule has 0 aliphatic heterocycles. The normalized spacial score (nSPS) is 14.4. The summed E-state index contributed by atoms with van der Waals surface area (Å²) in [5.41, 5.74) is 10.7. The molecule has 2 N–H and O–H groups in total. The number of hydrogen-bond donors (Lipinski definition) is 1. The predicted octanol–water partition coefficient (Wildman–Crippen LogP) is 3.22. The lowest BCUT2D eigenvalue weighted by Crippen LogP contribution is -2.37. The summed E-state index contributed by atoms with van der Waals surface area (Å²) in [4.78, 5) is 0. The molecular weight excluding hydrogens is 302 g/mol. The number of nitrogens with zero attached hydrogens (tertiary/aromatic N) is 2. The molecule has 2 rings (SSSR count). The Morgan fingerprint density at radius 2 is 1.95 bits per heavy atom. The minimum absolute atomic E-state index is 0.409. The van der Waals surface area contributed by atoms with Gasteiger partial charge in [0.2, 0.25) is 0 Å². The first kappa shape index (κ1) is 14.3. The minimum Gasteiger partial charge on any atom is -0.321 e. The highest BCUT2D eigenvalue weighted by molar-refractivity contribution is 9.10. The van der Waals surface area contributed by atoms with E-state index in [1.807, 2.05) is 30.8 Å². The summed E-state index contributed by atoms with van der Waals surface area (Å²) in [6.07, 6.45) is 0.746. The Balaban J connectivity index is 2.39. The van der Waals surface area contributed by atoms with E-state index in [0.29, 0.717) is 0 Å². The van der Waals surface area contributed by atoms with Crippen LogP contribution in [-0.4, -0.2) is 9.78 Å². The van der Waals surface area contributed by atoms with Crippen LogP contribution in [0.5, 0.6) is 0 Å². The number of halogens is 1. The first-order valence-corrected chi connectivity index (χ1v) is 7.15.